The number of hydrogen-bond acceptors (Lipinski definition) is 4. The number of carbonyl (C=O) groups excluding carboxylic acids is 3. The first-order valence-electron chi connectivity index (χ1n) is 7.84. The van der Waals surface area contributed by atoms with E-state index in [-0.39, 0.29) is 17.6 Å². The number of nitrogens with one attached hydrogen (secondary N) is 1. The largest absolute Gasteiger partial charge is 0.340 e. The van der Waals surface area contributed by atoms with Gasteiger partial charge in [-0.1, -0.05) is 12.1 Å². The van der Waals surface area contributed by atoms with Crippen LogP contribution in [0.4, 0.5) is 5.69 Å². The van der Waals surface area contributed by atoms with E-state index >= 15 is 0 Å². The van der Waals surface area contributed by atoms with Gasteiger partial charge in [0.1, 0.15) is 0 Å². The van der Waals surface area contributed by atoms with Gasteiger partial charge in [-0.2, -0.15) is 0 Å². The second-order valence-electron chi connectivity index (χ2n) is 5.78. The zero-order valence-electron chi connectivity index (χ0n) is 13.7. The van der Waals surface area contributed by atoms with Crippen LogP contribution in [0, 0.1) is 0 Å². The maximum atomic E-state index is 12.0. The van der Waals surface area contributed by atoms with Crippen molar-refractivity contribution in [2.75, 3.05) is 38.0 Å². The molecule has 1 heterocycles. The molecule has 0 unspecified atom stereocenters. The Kier molecular flexibility index (Phi) is 5.87. The van der Waals surface area contributed by atoms with E-state index in [1.54, 1.807) is 31.2 Å². The summed E-state index contributed by atoms with van der Waals surface area (Å²) in [6.45, 7) is 6.79. The van der Waals surface area contributed by atoms with E-state index < -0.39 is 0 Å². The van der Waals surface area contributed by atoms with Crippen LogP contribution in [0.5, 0.6) is 0 Å². The highest BCUT2D eigenvalue weighted by Crippen LogP contribution is 2.12. The van der Waals surface area contributed by atoms with Crippen LogP contribution in [-0.2, 0) is 9.59 Å². The fraction of sp³-hybridized carbons (Fsp3) is 0.471. The van der Waals surface area contributed by atoms with Crippen LogP contribution in [0.1, 0.15) is 30.6 Å². The Bertz CT molecular complexity index is 593. The summed E-state index contributed by atoms with van der Waals surface area (Å²) in [5, 5.41) is 2.82. The molecular formula is C17H23N3O3. The van der Waals surface area contributed by atoms with Crippen LogP contribution in [0.2, 0.25) is 0 Å². The van der Waals surface area contributed by atoms with Crippen molar-refractivity contribution in [1.82, 2.24) is 9.80 Å². The van der Waals surface area contributed by atoms with Crippen molar-refractivity contribution in [2.45, 2.75) is 20.3 Å². The lowest BCUT2D eigenvalue weighted by molar-refractivity contribution is -0.130. The van der Waals surface area contributed by atoms with E-state index in [1.807, 2.05) is 4.90 Å². The number of hydrogen-bond donors (Lipinski definition) is 1. The average molecular weight is 317 g/mol. The van der Waals surface area contributed by atoms with Crippen LogP contribution in [0.3, 0.4) is 0 Å². The van der Waals surface area contributed by atoms with Gasteiger partial charge in [0.2, 0.25) is 11.8 Å². The van der Waals surface area contributed by atoms with Crippen molar-refractivity contribution in [3.63, 3.8) is 0 Å². The Labute approximate surface area is 136 Å². The highest BCUT2D eigenvalue weighted by molar-refractivity contribution is 5.97. The molecule has 6 nitrogen and oxygen atoms in total. The number of amides is 2. The van der Waals surface area contributed by atoms with Crippen molar-refractivity contribution < 1.29 is 14.4 Å². The smallest absolute Gasteiger partial charge is 0.225 e. The Hall–Kier alpha value is -2.21. The van der Waals surface area contributed by atoms with Gasteiger partial charge in [-0.05, 0) is 19.1 Å². The fourth-order valence-corrected chi connectivity index (χ4v) is 2.59. The maximum Gasteiger partial charge on any atom is 0.225 e. The number of piperazine rings is 1. The van der Waals surface area contributed by atoms with Crippen LogP contribution < -0.4 is 5.32 Å². The summed E-state index contributed by atoms with van der Waals surface area (Å²) in [6.07, 6.45) is 0.393. The Morgan fingerprint density at radius 3 is 2.39 bits per heavy atom. The molecule has 23 heavy (non-hydrogen) atoms. The molecule has 124 valence electrons. The fourth-order valence-electron chi connectivity index (χ4n) is 2.59. The number of benzene rings is 1. The van der Waals surface area contributed by atoms with Gasteiger partial charge >= 0.3 is 0 Å². The van der Waals surface area contributed by atoms with E-state index in [0.29, 0.717) is 24.2 Å². The zero-order chi connectivity index (χ0) is 16.8. The van der Waals surface area contributed by atoms with E-state index in [0.717, 1.165) is 26.2 Å². The molecule has 1 aromatic rings. The number of anilines is 1. The van der Waals surface area contributed by atoms with Crippen LogP contribution in [-0.4, -0.2) is 60.1 Å². The van der Waals surface area contributed by atoms with Crippen LogP contribution >= 0.6 is 0 Å². The van der Waals surface area contributed by atoms with Crippen LogP contribution in [0.25, 0.3) is 0 Å². The molecule has 0 spiro atoms. The summed E-state index contributed by atoms with van der Waals surface area (Å²) < 4.78 is 0. The monoisotopic (exact) mass is 317 g/mol. The van der Waals surface area contributed by atoms with Gasteiger partial charge in [-0.15, -0.1) is 0 Å². The lowest BCUT2D eigenvalue weighted by atomic mass is 10.1. The average Bonchev–Trinajstić information content (AvgIpc) is 2.53. The summed E-state index contributed by atoms with van der Waals surface area (Å²) in [6, 6.07) is 6.95. The SMILES string of the molecule is CC(=O)c1cccc(NC(=O)CCN2CCN(C(C)=O)CC2)c1. The van der Waals surface area contributed by atoms with Gasteiger partial charge in [0.05, 0.1) is 0 Å². The minimum atomic E-state index is -0.0697. The number of nitrogens with zero attached hydrogens (tertiary/aromatic N) is 2. The van der Waals surface area contributed by atoms with E-state index in [1.165, 1.54) is 6.92 Å². The van der Waals surface area contributed by atoms with E-state index in [9.17, 15) is 14.4 Å². The predicted octanol–water partition coefficient (Wildman–Crippen LogP) is 1.38. The van der Waals surface area contributed by atoms with E-state index in [4.69, 9.17) is 0 Å². The molecule has 0 bridgehead atoms. The molecule has 1 aliphatic rings. The topological polar surface area (TPSA) is 69.7 Å². The summed E-state index contributed by atoms with van der Waals surface area (Å²) in [5.41, 5.74) is 1.23. The molecule has 0 saturated carbocycles. The molecule has 1 saturated heterocycles. The Balaban J connectivity index is 1.76. The van der Waals surface area contributed by atoms with Gasteiger partial charge in [0, 0.05) is 57.3 Å². The third-order valence-corrected chi connectivity index (χ3v) is 4.03. The van der Waals surface area contributed by atoms with Gasteiger partial charge in [-0.3, -0.25) is 19.3 Å². The highest BCUT2D eigenvalue weighted by atomic mass is 16.2. The minimum absolute atomic E-state index is 0.0237. The molecular weight excluding hydrogens is 294 g/mol. The maximum absolute atomic E-state index is 12.0. The zero-order valence-corrected chi connectivity index (χ0v) is 13.7. The molecule has 1 N–H and O–H groups in total. The summed E-state index contributed by atoms with van der Waals surface area (Å²) >= 11 is 0. The Morgan fingerprint density at radius 1 is 1.09 bits per heavy atom. The quantitative estimate of drug-likeness (QED) is 0.833. The molecule has 1 aliphatic heterocycles. The van der Waals surface area contributed by atoms with Gasteiger partial charge < -0.3 is 10.2 Å². The Morgan fingerprint density at radius 2 is 1.78 bits per heavy atom. The van der Waals surface area contributed by atoms with Gasteiger partial charge in [0.15, 0.2) is 5.78 Å². The van der Waals surface area contributed by atoms with E-state index in [2.05, 4.69) is 10.2 Å². The number of carbonyl (C=O) groups is 3. The second kappa shape index (κ2) is 7.87. The molecule has 2 rings (SSSR count). The molecule has 6 heteroatoms. The third-order valence-electron chi connectivity index (χ3n) is 4.03. The molecule has 0 aliphatic carbocycles. The highest BCUT2D eigenvalue weighted by Gasteiger charge is 2.18. The first-order valence-corrected chi connectivity index (χ1v) is 7.84. The standard InChI is InChI=1S/C17H23N3O3/c1-13(21)15-4-3-5-16(12-15)18-17(23)6-7-19-8-10-20(11-9-19)14(2)22/h3-5,12H,6-11H2,1-2H3,(H,18,23). The third kappa shape index (κ3) is 5.17. The molecule has 1 aromatic carbocycles. The number of ketones is 1. The lowest BCUT2D eigenvalue weighted by Gasteiger charge is -2.34. The summed E-state index contributed by atoms with van der Waals surface area (Å²) in [5.74, 6) is 0.0110. The summed E-state index contributed by atoms with van der Waals surface area (Å²) in [7, 11) is 0. The van der Waals surface area contributed by atoms with Crippen molar-refractivity contribution in [2.24, 2.45) is 0 Å². The molecule has 0 aromatic heterocycles. The van der Waals surface area contributed by atoms with Crippen molar-refractivity contribution in [1.29, 1.82) is 0 Å². The molecule has 0 radical (unpaired) electrons. The molecule has 1 fully saturated rings. The second-order valence-corrected chi connectivity index (χ2v) is 5.78. The van der Waals surface area contributed by atoms with Gasteiger partial charge in [-0.25, -0.2) is 0 Å². The minimum Gasteiger partial charge on any atom is -0.340 e. The van der Waals surface area contributed by atoms with Gasteiger partial charge in [0.25, 0.3) is 0 Å². The summed E-state index contributed by atoms with van der Waals surface area (Å²) in [4.78, 5) is 38.6. The lowest BCUT2D eigenvalue weighted by Crippen LogP contribution is -2.48. The number of Topliss-reactive ketones (excluding diaryl/α,β-unsaturated/α-hetero) is 1. The normalized spacial score (nSPS) is 15.3. The van der Waals surface area contributed by atoms with Crippen molar-refractivity contribution in [3.05, 3.63) is 29.8 Å². The molecule has 0 atom stereocenters. The van der Waals surface area contributed by atoms with Crippen LogP contribution in [0.15, 0.2) is 24.3 Å². The predicted molar refractivity (Wildman–Crippen MR) is 88.4 cm³/mol. The van der Waals surface area contributed by atoms with Crippen molar-refractivity contribution in [3.8, 4) is 0 Å². The number of rotatable bonds is 5. The van der Waals surface area contributed by atoms with Crippen molar-refractivity contribution >= 4 is 23.3 Å². The first-order chi connectivity index (χ1) is 11.0. The molecule has 2 amide bonds. The first kappa shape index (κ1) is 17.1.